The molecule has 0 radical (unpaired) electrons. The van der Waals surface area contributed by atoms with Crippen LogP contribution in [0, 0.1) is 0 Å². The third-order valence-electron chi connectivity index (χ3n) is 3.44. The highest BCUT2D eigenvalue weighted by molar-refractivity contribution is 7.89. The lowest BCUT2D eigenvalue weighted by Crippen LogP contribution is -2.36. The normalized spacial score (nSPS) is 19.5. The smallest absolute Gasteiger partial charge is 0.417 e. The second kappa shape index (κ2) is 5.43. The summed E-state index contributed by atoms with van der Waals surface area (Å²) in [7, 11) is -4.54. The molecule has 0 aliphatic carbocycles. The highest BCUT2D eigenvalue weighted by Gasteiger charge is 2.38. The van der Waals surface area contributed by atoms with Gasteiger partial charge in [0.15, 0.2) is 0 Å². The number of benzene rings is 1. The Kier molecular flexibility index (Phi) is 4.09. The van der Waals surface area contributed by atoms with E-state index in [4.69, 9.17) is 10.2 Å². The van der Waals surface area contributed by atoms with E-state index < -0.39 is 38.7 Å². The van der Waals surface area contributed by atoms with Crippen molar-refractivity contribution >= 4 is 21.7 Å². The fraction of sp³-hybridized carbons (Fsp3) is 0.417. The standard InChI is InChI=1S/C12H13F3N2O4S/c13-12(14,15)8-6-7(3-4-10(8)22(16,20)21)17-5-1-2-9(17)11(18)19/h3-4,6,9H,1-2,5H2,(H,18,19)(H2,16,20,21)/t9-/m1/s1. The number of carbonyl (C=O) groups is 1. The van der Waals surface area contributed by atoms with Crippen molar-refractivity contribution < 1.29 is 31.5 Å². The number of sulfonamides is 1. The molecule has 22 heavy (non-hydrogen) atoms. The number of aliphatic carboxylic acids is 1. The van der Waals surface area contributed by atoms with Crippen LogP contribution >= 0.6 is 0 Å². The van der Waals surface area contributed by atoms with Crippen molar-refractivity contribution in [3.05, 3.63) is 23.8 Å². The predicted octanol–water partition coefficient (Wildman–Crippen LogP) is 1.41. The highest BCUT2D eigenvalue weighted by atomic mass is 32.2. The van der Waals surface area contributed by atoms with E-state index in [2.05, 4.69) is 0 Å². The first kappa shape index (κ1) is 16.6. The number of primary sulfonamides is 1. The summed E-state index contributed by atoms with van der Waals surface area (Å²) in [6, 6.07) is 1.59. The minimum atomic E-state index is -4.92. The first-order valence-corrected chi connectivity index (χ1v) is 7.80. The average molecular weight is 338 g/mol. The Morgan fingerprint density at radius 2 is 2.00 bits per heavy atom. The molecule has 0 saturated carbocycles. The predicted molar refractivity (Wildman–Crippen MR) is 70.8 cm³/mol. The zero-order valence-electron chi connectivity index (χ0n) is 11.2. The van der Waals surface area contributed by atoms with Gasteiger partial charge in [-0.2, -0.15) is 13.2 Å². The number of rotatable bonds is 3. The van der Waals surface area contributed by atoms with Crippen molar-refractivity contribution in [2.24, 2.45) is 5.14 Å². The zero-order chi connectivity index (χ0) is 16.7. The molecule has 0 amide bonds. The van der Waals surface area contributed by atoms with Crippen LogP contribution < -0.4 is 10.0 Å². The molecule has 1 aliphatic rings. The molecule has 122 valence electrons. The van der Waals surface area contributed by atoms with Crippen molar-refractivity contribution in [1.82, 2.24) is 0 Å². The first-order valence-electron chi connectivity index (χ1n) is 6.25. The van der Waals surface area contributed by atoms with Crippen LogP contribution in [-0.2, 0) is 21.0 Å². The molecule has 1 aliphatic heterocycles. The van der Waals surface area contributed by atoms with Crippen LogP contribution in [-0.4, -0.2) is 32.1 Å². The van der Waals surface area contributed by atoms with E-state index in [1.807, 2.05) is 0 Å². The molecule has 0 aromatic heterocycles. The lowest BCUT2D eigenvalue weighted by Gasteiger charge is -2.25. The Hall–Kier alpha value is -1.81. The summed E-state index contributed by atoms with van der Waals surface area (Å²) in [5.74, 6) is -1.14. The molecular formula is C12H13F3N2O4S. The van der Waals surface area contributed by atoms with Gasteiger partial charge in [-0.05, 0) is 31.0 Å². The summed E-state index contributed by atoms with van der Waals surface area (Å²) >= 11 is 0. The van der Waals surface area contributed by atoms with Crippen molar-refractivity contribution in [2.75, 3.05) is 11.4 Å². The van der Waals surface area contributed by atoms with Gasteiger partial charge in [0.1, 0.15) is 6.04 Å². The lowest BCUT2D eigenvalue weighted by atomic mass is 10.1. The Balaban J connectivity index is 2.55. The third kappa shape index (κ3) is 3.17. The summed E-state index contributed by atoms with van der Waals surface area (Å²) in [6.45, 7) is 0.281. The van der Waals surface area contributed by atoms with Crippen molar-refractivity contribution in [3.8, 4) is 0 Å². The number of nitrogens with zero attached hydrogens (tertiary/aromatic N) is 1. The van der Waals surface area contributed by atoms with Gasteiger partial charge in [0, 0.05) is 12.2 Å². The molecule has 0 bridgehead atoms. The van der Waals surface area contributed by atoms with Gasteiger partial charge >= 0.3 is 12.1 Å². The molecule has 1 atom stereocenters. The van der Waals surface area contributed by atoms with E-state index in [0.29, 0.717) is 18.9 Å². The largest absolute Gasteiger partial charge is 0.480 e. The van der Waals surface area contributed by atoms with E-state index in [0.717, 1.165) is 12.1 Å². The van der Waals surface area contributed by atoms with Crippen LogP contribution in [0.2, 0.25) is 0 Å². The lowest BCUT2D eigenvalue weighted by molar-refractivity contribution is -0.140. The molecule has 1 aromatic carbocycles. The quantitative estimate of drug-likeness (QED) is 0.868. The number of carboxylic acid groups (broad SMARTS) is 1. The molecule has 1 aromatic rings. The van der Waals surface area contributed by atoms with Crippen molar-refractivity contribution in [1.29, 1.82) is 0 Å². The van der Waals surface area contributed by atoms with Crippen LogP contribution in [0.25, 0.3) is 0 Å². The summed E-state index contributed by atoms with van der Waals surface area (Å²) in [4.78, 5) is 11.4. The number of nitrogens with two attached hydrogens (primary N) is 1. The number of halogens is 3. The van der Waals surface area contributed by atoms with Crippen molar-refractivity contribution in [2.45, 2.75) is 30.0 Å². The molecular weight excluding hydrogens is 325 g/mol. The van der Waals surface area contributed by atoms with Gasteiger partial charge in [0.2, 0.25) is 10.0 Å². The Labute approximate surface area is 124 Å². The second-order valence-corrected chi connectivity index (χ2v) is 6.44. The molecule has 0 unspecified atom stereocenters. The number of alkyl halides is 3. The number of carboxylic acids is 1. The molecule has 0 spiro atoms. The minimum Gasteiger partial charge on any atom is -0.480 e. The molecule has 3 N–H and O–H groups in total. The zero-order valence-corrected chi connectivity index (χ0v) is 12.0. The molecule has 1 fully saturated rings. The van der Waals surface area contributed by atoms with E-state index in [1.54, 1.807) is 0 Å². The highest BCUT2D eigenvalue weighted by Crippen LogP contribution is 2.37. The van der Waals surface area contributed by atoms with Crippen LogP contribution in [0.3, 0.4) is 0 Å². The van der Waals surface area contributed by atoms with Gasteiger partial charge < -0.3 is 10.0 Å². The molecule has 10 heteroatoms. The Morgan fingerprint density at radius 1 is 1.36 bits per heavy atom. The van der Waals surface area contributed by atoms with Gasteiger partial charge in [-0.3, -0.25) is 0 Å². The van der Waals surface area contributed by atoms with Crippen LogP contribution in [0.4, 0.5) is 18.9 Å². The molecule has 6 nitrogen and oxygen atoms in total. The average Bonchev–Trinajstić information content (AvgIpc) is 2.85. The summed E-state index contributed by atoms with van der Waals surface area (Å²) in [5, 5.41) is 13.9. The summed E-state index contributed by atoms with van der Waals surface area (Å²) in [5.41, 5.74) is -1.40. The van der Waals surface area contributed by atoms with Crippen molar-refractivity contribution in [3.63, 3.8) is 0 Å². The van der Waals surface area contributed by atoms with Gasteiger partial charge in [-0.1, -0.05) is 0 Å². The van der Waals surface area contributed by atoms with E-state index in [9.17, 15) is 26.4 Å². The third-order valence-corrected chi connectivity index (χ3v) is 4.41. The SMILES string of the molecule is NS(=O)(=O)c1ccc(N2CCC[C@@H]2C(=O)O)cc1C(F)(F)F. The fourth-order valence-electron chi connectivity index (χ4n) is 2.50. The maximum absolute atomic E-state index is 13.0. The first-order chi connectivity index (χ1) is 10.0. The van der Waals surface area contributed by atoms with Gasteiger partial charge in [-0.25, -0.2) is 18.4 Å². The van der Waals surface area contributed by atoms with E-state index >= 15 is 0 Å². The van der Waals surface area contributed by atoms with E-state index in [1.165, 1.54) is 4.90 Å². The maximum Gasteiger partial charge on any atom is 0.417 e. The van der Waals surface area contributed by atoms with Crippen LogP contribution in [0.15, 0.2) is 23.1 Å². The van der Waals surface area contributed by atoms with Crippen LogP contribution in [0.5, 0.6) is 0 Å². The topological polar surface area (TPSA) is 101 Å². The summed E-state index contributed by atoms with van der Waals surface area (Å²) < 4.78 is 61.7. The minimum absolute atomic E-state index is 0.00428. The monoisotopic (exact) mass is 338 g/mol. The number of hydrogen-bond acceptors (Lipinski definition) is 4. The van der Waals surface area contributed by atoms with Gasteiger partial charge in [0.05, 0.1) is 10.5 Å². The molecule has 1 saturated heterocycles. The number of hydrogen-bond donors (Lipinski definition) is 2. The van der Waals surface area contributed by atoms with Crippen LogP contribution in [0.1, 0.15) is 18.4 Å². The number of anilines is 1. The summed E-state index contributed by atoms with van der Waals surface area (Å²) in [6.07, 6.45) is -4.08. The maximum atomic E-state index is 13.0. The molecule has 2 rings (SSSR count). The van der Waals surface area contributed by atoms with Gasteiger partial charge in [-0.15, -0.1) is 0 Å². The second-order valence-electron chi connectivity index (χ2n) is 4.91. The Bertz CT molecular complexity index is 703. The Morgan fingerprint density at radius 3 is 2.50 bits per heavy atom. The van der Waals surface area contributed by atoms with E-state index in [-0.39, 0.29) is 12.2 Å². The molecule has 1 heterocycles. The van der Waals surface area contributed by atoms with Gasteiger partial charge in [0.25, 0.3) is 0 Å². The fourth-order valence-corrected chi connectivity index (χ4v) is 3.24.